The Bertz CT molecular complexity index is 909. The van der Waals surface area contributed by atoms with E-state index in [1.54, 1.807) is 31.4 Å². The van der Waals surface area contributed by atoms with Crippen LogP contribution in [0.1, 0.15) is 5.56 Å². The zero-order chi connectivity index (χ0) is 18.5. The fraction of sp³-hybridized carbons (Fsp3) is 0.167. The van der Waals surface area contributed by atoms with Crippen LogP contribution in [0.4, 0.5) is 5.69 Å². The van der Waals surface area contributed by atoms with Crippen LogP contribution in [0.3, 0.4) is 0 Å². The number of carbonyl (C=O) groups is 1. The topological polar surface area (TPSA) is 91.3 Å². The number of amides is 1. The Hall–Kier alpha value is -3.00. The van der Waals surface area contributed by atoms with E-state index in [0.29, 0.717) is 17.1 Å². The molecule has 0 saturated heterocycles. The van der Waals surface area contributed by atoms with Gasteiger partial charge in [0.15, 0.2) is 5.95 Å². The first-order valence-corrected chi connectivity index (χ1v) is 8.78. The first-order valence-electron chi connectivity index (χ1n) is 7.79. The van der Waals surface area contributed by atoms with Crippen molar-refractivity contribution in [1.29, 1.82) is 0 Å². The normalized spacial score (nSPS) is 10.5. The lowest BCUT2D eigenvalue weighted by Crippen LogP contribution is -2.35. The summed E-state index contributed by atoms with van der Waals surface area (Å²) in [6, 6.07) is 14.5. The van der Waals surface area contributed by atoms with Crippen LogP contribution in [0.15, 0.2) is 58.1 Å². The maximum atomic E-state index is 12.2. The van der Waals surface area contributed by atoms with Gasteiger partial charge in [0.2, 0.25) is 11.6 Å². The molecule has 0 saturated carbocycles. The second kappa shape index (κ2) is 7.92. The minimum atomic E-state index is -0.589. The zero-order valence-electron chi connectivity index (χ0n) is 14.3. The Morgan fingerprint density at radius 3 is 2.77 bits per heavy atom. The molecule has 0 aliphatic heterocycles. The molecule has 1 amide bonds. The van der Waals surface area contributed by atoms with Crippen LogP contribution in [-0.2, 0) is 4.79 Å². The minimum absolute atomic E-state index is 0.0561. The summed E-state index contributed by atoms with van der Waals surface area (Å²) in [5, 5.41) is 18.7. The maximum absolute atomic E-state index is 12.2. The van der Waals surface area contributed by atoms with Gasteiger partial charge in [-0.05, 0) is 53.2 Å². The second-order valence-electron chi connectivity index (χ2n) is 5.48. The molecule has 134 valence electrons. The van der Waals surface area contributed by atoms with Crippen molar-refractivity contribution in [3.63, 3.8) is 0 Å². The fourth-order valence-electron chi connectivity index (χ4n) is 2.30. The molecule has 3 rings (SSSR count). The van der Waals surface area contributed by atoms with Gasteiger partial charge in [-0.15, -0.1) is 0 Å². The fourth-order valence-corrected chi connectivity index (χ4v) is 3.06. The van der Waals surface area contributed by atoms with E-state index in [2.05, 4.69) is 10.6 Å². The number of thioether (sulfide) groups is 1. The summed E-state index contributed by atoms with van der Waals surface area (Å²) >= 11 is 1.07. The first-order chi connectivity index (χ1) is 12.6. The van der Waals surface area contributed by atoms with E-state index in [4.69, 9.17) is 9.26 Å². The van der Waals surface area contributed by atoms with Crippen LogP contribution < -0.4 is 19.8 Å². The second-order valence-corrected chi connectivity index (χ2v) is 6.45. The highest BCUT2D eigenvalue weighted by Gasteiger charge is 2.22. The number of aryl methyl sites for hydroxylation is 1. The summed E-state index contributed by atoms with van der Waals surface area (Å²) in [6.07, 6.45) is 0. The van der Waals surface area contributed by atoms with Gasteiger partial charge < -0.3 is 19.7 Å². The standard InChI is InChI=1S/C18H17N3O4S/c1-12-4-3-5-13(10-12)19-16(22)11-26-17-18(23)25-20-21(17)14-6-8-15(24-2)9-7-14/h3-10H,11H2,1-2H3,(H-,19,20,22,23). The molecule has 0 fully saturated rings. The number of carbonyl (C=O) groups excluding carboxylic acids is 1. The van der Waals surface area contributed by atoms with Crippen LogP contribution in [-0.4, -0.2) is 24.0 Å². The van der Waals surface area contributed by atoms with Crippen molar-refractivity contribution in [3.05, 3.63) is 54.1 Å². The monoisotopic (exact) mass is 371 g/mol. The Labute approximate surface area is 154 Å². The van der Waals surface area contributed by atoms with Crippen LogP contribution >= 0.6 is 11.8 Å². The van der Waals surface area contributed by atoms with Gasteiger partial charge in [0.05, 0.1) is 18.1 Å². The molecule has 1 heterocycles. The summed E-state index contributed by atoms with van der Waals surface area (Å²) in [5.74, 6) is -0.0656. The van der Waals surface area contributed by atoms with Gasteiger partial charge in [0, 0.05) is 17.8 Å². The number of ether oxygens (including phenoxy) is 1. The van der Waals surface area contributed by atoms with E-state index < -0.39 is 5.95 Å². The summed E-state index contributed by atoms with van der Waals surface area (Å²) < 4.78 is 11.2. The van der Waals surface area contributed by atoms with E-state index >= 15 is 0 Å². The van der Waals surface area contributed by atoms with E-state index in [1.807, 2.05) is 31.2 Å². The Morgan fingerprint density at radius 1 is 1.31 bits per heavy atom. The number of aromatic nitrogens is 2. The summed E-state index contributed by atoms with van der Waals surface area (Å²) in [4.78, 5) is 12.2. The Balaban J connectivity index is 1.69. The van der Waals surface area contributed by atoms with Crippen molar-refractivity contribution < 1.29 is 23.8 Å². The van der Waals surface area contributed by atoms with Gasteiger partial charge in [0.25, 0.3) is 5.03 Å². The van der Waals surface area contributed by atoms with Crippen molar-refractivity contribution in [1.82, 2.24) is 5.27 Å². The van der Waals surface area contributed by atoms with Gasteiger partial charge in [0.1, 0.15) is 5.75 Å². The average Bonchev–Trinajstić information content (AvgIpc) is 3.00. The predicted molar refractivity (Wildman–Crippen MR) is 94.6 cm³/mol. The zero-order valence-corrected chi connectivity index (χ0v) is 15.1. The van der Waals surface area contributed by atoms with E-state index in [9.17, 15) is 9.90 Å². The average molecular weight is 371 g/mol. The number of anilines is 1. The van der Waals surface area contributed by atoms with Crippen LogP contribution in [0.25, 0.3) is 5.69 Å². The highest BCUT2D eigenvalue weighted by molar-refractivity contribution is 7.99. The lowest BCUT2D eigenvalue weighted by Gasteiger charge is -2.05. The molecule has 0 radical (unpaired) electrons. The van der Waals surface area contributed by atoms with Crippen LogP contribution in [0.5, 0.6) is 11.7 Å². The lowest BCUT2D eigenvalue weighted by molar-refractivity contribution is -0.705. The molecule has 26 heavy (non-hydrogen) atoms. The highest BCUT2D eigenvalue weighted by Crippen LogP contribution is 2.24. The quantitative estimate of drug-likeness (QED) is 0.527. The van der Waals surface area contributed by atoms with Crippen LogP contribution in [0.2, 0.25) is 0 Å². The van der Waals surface area contributed by atoms with Crippen molar-refractivity contribution >= 4 is 23.4 Å². The molecule has 8 heteroatoms. The van der Waals surface area contributed by atoms with Crippen molar-refractivity contribution in [2.75, 3.05) is 18.2 Å². The molecule has 1 aromatic heterocycles. The molecule has 0 aliphatic rings. The van der Waals surface area contributed by atoms with E-state index in [0.717, 1.165) is 17.3 Å². The molecule has 0 bridgehead atoms. The molecule has 2 aromatic carbocycles. The molecule has 7 nitrogen and oxygen atoms in total. The molecular formula is C18H17N3O4S. The molecule has 0 aliphatic carbocycles. The Morgan fingerprint density at radius 2 is 2.08 bits per heavy atom. The number of rotatable bonds is 6. The highest BCUT2D eigenvalue weighted by atomic mass is 32.2. The largest absolute Gasteiger partial charge is 0.538 e. The predicted octanol–water partition coefficient (Wildman–Crippen LogP) is 2.07. The Kier molecular flexibility index (Phi) is 5.43. The summed E-state index contributed by atoms with van der Waals surface area (Å²) in [7, 11) is 1.57. The smallest absolute Gasteiger partial charge is 0.298 e. The number of methoxy groups -OCH3 is 1. The lowest BCUT2D eigenvalue weighted by atomic mass is 10.2. The molecule has 0 atom stereocenters. The maximum Gasteiger partial charge on any atom is 0.298 e. The SMILES string of the molecule is COc1ccc(-[n+]2noc([O-])c2SCC(=O)Nc2cccc(C)c2)cc1. The minimum Gasteiger partial charge on any atom is -0.538 e. The molecule has 0 spiro atoms. The molecule has 0 unspecified atom stereocenters. The molecular weight excluding hydrogens is 354 g/mol. The third kappa shape index (κ3) is 4.15. The number of nitrogens with one attached hydrogen (secondary N) is 1. The number of nitrogens with zero attached hydrogens (tertiary/aromatic N) is 2. The van der Waals surface area contributed by atoms with Gasteiger partial charge in [-0.3, -0.25) is 4.79 Å². The first kappa shape index (κ1) is 17.8. The van der Waals surface area contributed by atoms with Crippen molar-refractivity contribution in [3.8, 4) is 17.4 Å². The van der Waals surface area contributed by atoms with Gasteiger partial charge in [-0.1, -0.05) is 12.1 Å². The van der Waals surface area contributed by atoms with Crippen LogP contribution in [0, 0.1) is 6.92 Å². The van der Waals surface area contributed by atoms with Gasteiger partial charge in [-0.25, -0.2) is 0 Å². The van der Waals surface area contributed by atoms with E-state index in [-0.39, 0.29) is 16.7 Å². The summed E-state index contributed by atoms with van der Waals surface area (Å²) in [6.45, 7) is 1.95. The summed E-state index contributed by atoms with van der Waals surface area (Å²) in [5.41, 5.74) is 2.40. The number of benzene rings is 2. The van der Waals surface area contributed by atoms with Crippen molar-refractivity contribution in [2.24, 2.45) is 0 Å². The van der Waals surface area contributed by atoms with Gasteiger partial charge >= 0.3 is 0 Å². The van der Waals surface area contributed by atoms with E-state index in [1.165, 1.54) is 4.68 Å². The number of hydrogen-bond donors (Lipinski definition) is 1. The third-order valence-corrected chi connectivity index (χ3v) is 4.55. The molecule has 1 N–H and O–H groups in total. The number of hydrogen-bond acceptors (Lipinski definition) is 6. The van der Waals surface area contributed by atoms with Gasteiger partial charge in [-0.2, -0.15) is 0 Å². The third-order valence-electron chi connectivity index (χ3n) is 3.53. The van der Waals surface area contributed by atoms with Crippen molar-refractivity contribution in [2.45, 2.75) is 11.9 Å². The molecule has 3 aromatic rings.